The third-order valence-electron chi connectivity index (χ3n) is 5.17. The number of aryl methyl sites for hydroxylation is 3. The molecule has 2 N–H and O–H groups in total. The van der Waals surface area contributed by atoms with Gasteiger partial charge in [-0.3, -0.25) is 9.67 Å². The molecule has 0 aliphatic heterocycles. The minimum atomic E-state index is 0.636. The average molecular weight is 400 g/mol. The lowest BCUT2D eigenvalue weighted by molar-refractivity contribution is 0.286. The summed E-state index contributed by atoms with van der Waals surface area (Å²) >= 11 is 0. The largest absolute Gasteiger partial charge is 0.493 e. The summed E-state index contributed by atoms with van der Waals surface area (Å²) in [6, 6.07) is 6.36. The van der Waals surface area contributed by atoms with Crippen LogP contribution in [0.4, 0.5) is 0 Å². The van der Waals surface area contributed by atoms with Crippen molar-refractivity contribution in [2.75, 3.05) is 20.2 Å². The van der Waals surface area contributed by atoms with Crippen LogP contribution in [-0.2, 0) is 20.0 Å². The van der Waals surface area contributed by atoms with Crippen LogP contribution in [0.25, 0.3) is 0 Å². The van der Waals surface area contributed by atoms with E-state index in [1.165, 1.54) is 16.8 Å². The third-order valence-corrected chi connectivity index (χ3v) is 5.17. The number of nitrogens with zero attached hydrogens (tertiary/aromatic N) is 3. The molecule has 0 amide bonds. The first-order valence-corrected chi connectivity index (χ1v) is 10.5. The highest BCUT2D eigenvalue weighted by molar-refractivity contribution is 5.79. The molecule has 0 spiro atoms. The van der Waals surface area contributed by atoms with Gasteiger partial charge < -0.3 is 15.4 Å². The van der Waals surface area contributed by atoms with E-state index in [2.05, 4.69) is 73.5 Å². The molecule has 0 aliphatic rings. The Morgan fingerprint density at radius 2 is 1.97 bits per heavy atom. The van der Waals surface area contributed by atoms with Gasteiger partial charge in [0.25, 0.3) is 0 Å². The van der Waals surface area contributed by atoms with E-state index >= 15 is 0 Å². The van der Waals surface area contributed by atoms with Crippen LogP contribution in [0.15, 0.2) is 23.2 Å². The van der Waals surface area contributed by atoms with E-state index in [4.69, 9.17) is 4.74 Å². The van der Waals surface area contributed by atoms with Gasteiger partial charge in [-0.25, -0.2) is 0 Å². The van der Waals surface area contributed by atoms with Crippen LogP contribution >= 0.6 is 0 Å². The smallest absolute Gasteiger partial charge is 0.191 e. The second-order valence-corrected chi connectivity index (χ2v) is 8.02. The fourth-order valence-electron chi connectivity index (χ4n) is 3.23. The predicted molar refractivity (Wildman–Crippen MR) is 121 cm³/mol. The fraction of sp³-hybridized carbons (Fsp3) is 0.565. The zero-order valence-corrected chi connectivity index (χ0v) is 19.1. The van der Waals surface area contributed by atoms with Crippen LogP contribution in [0.5, 0.6) is 5.75 Å². The molecular weight excluding hydrogens is 362 g/mol. The molecule has 0 aliphatic carbocycles. The van der Waals surface area contributed by atoms with Crippen LogP contribution in [0, 0.1) is 26.7 Å². The number of aromatic nitrogens is 2. The van der Waals surface area contributed by atoms with Crippen LogP contribution in [0.3, 0.4) is 0 Å². The van der Waals surface area contributed by atoms with Gasteiger partial charge in [0.1, 0.15) is 5.75 Å². The molecule has 0 bridgehead atoms. The Balaban J connectivity index is 1.90. The molecule has 1 aromatic carbocycles. The van der Waals surface area contributed by atoms with Crippen molar-refractivity contribution in [2.45, 2.75) is 54.0 Å². The van der Waals surface area contributed by atoms with E-state index < -0.39 is 0 Å². The summed E-state index contributed by atoms with van der Waals surface area (Å²) in [7, 11) is 3.78. The van der Waals surface area contributed by atoms with Gasteiger partial charge in [0.15, 0.2) is 5.96 Å². The van der Waals surface area contributed by atoms with Crippen LogP contribution in [0.1, 0.15) is 48.3 Å². The minimum Gasteiger partial charge on any atom is -0.493 e. The molecule has 0 atom stereocenters. The summed E-state index contributed by atoms with van der Waals surface area (Å²) in [4.78, 5) is 4.35. The maximum atomic E-state index is 6.05. The second kappa shape index (κ2) is 10.9. The van der Waals surface area contributed by atoms with Gasteiger partial charge in [0.05, 0.1) is 12.3 Å². The molecule has 0 radical (unpaired) electrons. The SMILES string of the molecule is CN=C(NCCc1c(C)nn(C)c1C)NCc1ccc(C)cc1OCCC(C)C. The average Bonchev–Trinajstić information content (AvgIpc) is 2.91. The minimum absolute atomic E-state index is 0.636. The summed E-state index contributed by atoms with van der Waals surface area (Å²) < 4.78 is 7.99. The summed E-state index contributed by atoms with van der Waals surface area (Å²) in [5.74, 6) is 2.38. The monoisotopic (exact) mass is 399 g/mol. The van der Waals surface area contributed by atoms with Crippen LogP contribution in [0.2, 0.25) is 0 Å². The summed E-state index contributed by atoms with van der Waals surface area (Å²) in [5.41, 5.74) is 5.96. The van der Waals surface area contributed by atoms with Gasteiger partial charge >= 0.3 is 0 Å². The van der Waals surface area contributed by atoms with Gasteiger partial charge in [0, 0.05) is 38.4 Å². The van der Waals surface area contributed by atoms with Crippen molar-refractivity contribution < 1.29 is 4.74 Å². The molecule has 1 heterocycles. The second-order valence-electron chi connectivity index (χ2n) is 8.02. The lowest BCUT2D eigenvalue weighted by Crippen LogP contribution is -2.38. The molecule has 160 valence electrons. The number of nitrogens with one attached hydrogen (secondary N) is 2. The summed E-state index contributed by atoms with van der Waals surface area (Å²) in [5, 5.41) is 11.3. The predicted octanol–water partition coefficient (Wildman–Crippen LogP) is 3.68. The number of ether oxygens (including phenoxy) is 1. The molecular formula is C23H37N5O. The van der Waals surface area contributed by atoms with Crippen molar-refractivity contribution in [3.05, 3.63) is 46.3 Å². The van der Waals surface area contributed by atoms with Crippen molar-refractivity contribution in [1.29, 1.82) is 0 Å². The number of rotatable bonds is 9. The van der Waals surface area contributed by atoms with E-state index in [1.807, 2.05) is 11.7 Å². The van der Waals surface area contributed by atoms with Crippen molar-refractivity contribution in [3.63, 3.8) is 0 Å². The van der Waals surface area contributed by atoms with Crippen molar-refractivity contribution >= 4 is 5.96 Å². The van der Waals surface area contributed by atoms with E-state index in [0.29, 0.717) is 12.5 Å². The lowest BCUT2D eigenvalue weighted by Gasteiger charge is -2.16. The maximum absolute atomic E-state index is 6.05. The molecule has 0 saturated carbocycles. The Hall–Kier alpha value is -2.50. The quantitative estimate of drug-likeness (QED) is 0.499. The zero-order valence-electron chi connectivity index (χ0n) is 19.1. The number of benzene rings is 1. The highest BCUT2D eigenvalue weighted by Gasteiger charge is 2.10. The number of hydrogen-bond donors (Lipinski definition) is 2. The Labute approximate surface area is 175 Å². The van der Waals surface area contributed by atoms with Crippen LogP contribution in [-0.4, -0.2) is 35.9 Å². The fourth-order valence-corrected chi connectivity index (χ4v) is 3.23. The highest BCUT2D eigenvalue weighted by Crippen LogP contribution is 2.21. The molecule has 6 heteroatoms. The van der Waals surface area contributed by atoms with Gasteiger partial charge in [0.2, 0.25) is 0 Å². The Bertz CT molecular complexity index is 823. The Kier molecular flexibility index (Phi) is 8.55. The topological polar surface area (TPSA) is 63.5 Å². The molecule has 0 saturated heterocycles. The number of hydrogen-bond acceptors (Lipinski definition) is 3. The van der Waals surface area contributed by atoms with Crippen molar-refractivity contribution in [3.8, 4) is 5.75 Å². The van der Waals surface area contributed by atoms with Gasteiger partial charge in [-0.05, 0) is 56.7 Å². The van der Waals surface area contributed by atoms with Crippen molar-refractivity contribution in [1.82, 2.24) is 20.4 Å². The number of aliphatic imine (C=N–C) groups is 1. The Morgan fingerprint density at radius 3 is 2.59 bits per heavy atom. The first-order valence-electron chi connectivity index (χ1n) is 10.5. The lowest BCUT2D eigenvalue weighted by atomic mass is 10.1. The Morgan fingerprint density at radius 1 is 1.21 bits per heavy atom. The molecule has 2 aromatic rings. The zero-order chi connectivity index (χ0) is 21.4. The molecule has 2 rings (SSSR count). The molecule has 1 aromatic heterocycles. The van der Waals surface area contributed by atoms with E-state index in [-0.39, 0.29) is 0 Å². The van der Waals surface area contributed by atoms with Gasteiger partial charge in [-0.1, -0.05) is 26.0 Å². The molecule has 0 fully saturated rings. The normalized spacial score (nSPS) is 11.8. The standard InChI is InChI=1S/C23H37N5O/c1-16(2)11-13-29-22-14-17(3)8-9-20(22)15-26-23(24-6)25-12-10-21-18(4)27-28(7)19(21)5/h8-9,14,16H,10-13,15H2,1-7H3,(H2,24,25,26). The summed E-state index contributed by atoms with van der Waals surface area (Å²) in [6.07, 6.45) is 1.97. The van der Waals surface area contributed by atoms with E-state index in [1.54, 1.807) is 7.05 Å². The molecule has 29 heavy (non-hydrogen) atoms. The third kappa shape index (κ3) is 6.80. The van der Waals surface area contributed by atoms with Gasteiger partial charge in [-0.15, -0.1) is 0 Å². The van der Waals surface area contributed by atoms with E-state index in [9.17, 15) is 0 Å². The summed E-state index contributed by atoms with van der Waals surface area (Å²) in [6.45, 7) is 12.9. The van der Waals surface area contributed by atoms with Crippen LogP contribution < -0.4 is 15.4 Å². The maximum Gasteiger partial charge on any atom is 0.191 e. The number of guanidine groups is 1. The molecule has 0 unspecified atom stereocenters. The van der Waals surface area contributed by atoms with Crippen molar-refractivity contribution in [2.24, 2.45) is 18.0 Å². The first kappa shape index (κ1) is 22.8. The first-order chi connectivity index (χ1) is 13.8. The highest BCUT2D eigenvalue weighted by atomic mass is 16.5. The van der Waals surface area contributed by atoms with E-state index in [0.717, 1.165) is 49.0 Å². The van der Waals surface area contributed by atoms with Gasteiger partial charge in [-0.2, -0.15) is 5.10 Å². The molecule has 6 nitrogen and oxygen atoms in total.